The third-order valence-electron chi connectivity index (χ3n) is 7.51. The number of aromatic hydroxyl groups is 1. The van der Waals surface area contributed by atoms with Gasteiger partial charge < -0.3 is 29.5 Å². The smallest absolute Gasteiger partial charge is 0.162 e. The Morgan fingerprint density at radius 3 is 2.41 bits per heavy atom. The SMILES string of the molecule is CCN(Cc1ccc(OCCNCC(C)C)cc1)c1cc(OC)c(OC)cc1[C@@H]1CCc2cc(O)ccc2C1. The first-order valence-electron chi connectivity index (χ1n) is 14.2. The Balaban J connectivity index is 1.53. The summed E-state index contributed by atoms with van der Waals surface area (Å²) in [6, 6.07) is 18.5. The van der Waals surface area contributed by atoms with Crippen molar-refractivity contribution in [1.82, 2.24) is 5.32 Å². The lowest BCUT2D eigenvalue weighted by Crippen LogP contribution is -2.25. The van der Waals surface area contributed by atoms with Gasteiger partial charge in [0.25, 0.3) is 0 Å². The van der Waals surface area contributed by atoms with E-state index in [1.807, 2.05) is 6.07 Å². The second-order valence-corrected chi connectivity index (χ2v) is 10.8. The van der Waals surface area contributed by atoms with E-state index in [0.29, 0.717) is 24.2 Å². The lowest BCUT2D eigenvalue weighted by atomic mass is 9.79. The van der Waals surface area contributed by atoms with Gasteiger partial charge in [0.2, 0.25) is 0 Å². The van der Waals surface area contributed by atoms with E-state index in [-0.39, 0.29) is 0 Å². The fourth-order valence-corrected chi connectivity index (χ4v) is 5.40. The first kappa shape index (κ1) is 28.6. The number of aryl methyl sites for hydroxylation is 1. The second-order valence-electron chi connectivity index (χ2n) is 10.8. The monoisotopic (exact) mass is 532 g/mol. The van der Waals surface area contributed by atoms with Crippen molar-refractivity contribution in [2.24, 2.45) is 5.92 Å². The van der Waals surface area contributed by atoms with Crippen LogP contribution < -0.4 is 24.4 Å². The number of fused-ring (bicyclic) bond motifs is 1. The third-order valence-corrected chi connectivity index (χ3v) is 7.51. The Kier molecular flexibility index (Phi) is 9.99. The molecule has 3 aromatic rings. The molecule has 4 rings (SSSR count). The summed E-state index contributed by atoms with van der Waals surface area (Å²) in [5.41, 5.74) is 6.25. The largest absolute Gasteiger partial charge is 0.508 e. The van der Waals surface area contributed by atoms with E-state index >= 15 is 0 Å². The number of hydrogen-bond donors (Lipinski definition) is 2. The van der Waals surface area contributed by atoms with Gasteiger partial charge in [-0.25, -0.2) is 0 Å². The molecule has 0 bridgehead atoms. The molecule has 39 heavy (non-hydrogen) atoms. The van der Waals surface area contributed by atoms with Crippen molar-refractivity contribution >= 4 is 5.69 Å². The zero-order valence-electron chi connectivity index (χ0n) is 24.1. The van der Waals surface area contributed by atoms with Gasteiger partial charge in [-0.05, 0) is 97.2 Å². The molecule has 0 aliphatic heterocycles. The van der Waals surface area contributed by atoms with Crippen molar-refractivity contribution in [2.75, 3.05) is 45.4 Å². The highest BCUT2D eigenvalue weighted by Gasteiger charge is 2.26. The molecule has 6 nitrogen and oxygen atoms in total. The number of nitrogens with one attached hydrogen (secondary N) is 1. The van der Waals surface area contributed by atoms with Crippen LogP contribution in [0.2, 0.25) is 0 Å². The number of phenolic OH excluding ortho intramolecular Hbond substituents is 1. The fraction of sp³-hybridized carbons (Fsp3) is 0.455. The summed E-state index contributed by atoms with van der Waals surface area (Å²) < 4.78 is 17.4. The number of rotatable bonds is 13. The zero-order chi connectivity index (χ0) is 27.8. The minimum Gasteiger partial charge on any atom is -0.508 e. The van der Waals surface area contributed by atoms with Gasteiger partial charge in [-0.1, -0.05) is 32.0 Å². The van der Waals surface area contributed by atoms with Crippen LogP contribution in [-0.4, -0.2) is 45.6 Å². The van der Waals surface area contributed by atoms with E-state index in [4.69, 9.17) is 14.2 Å². The maximum atomic E-state index is 9.94. The molecule has 0 heterocycles. The van der Waals surface area contributed by atoms with Crippen LogP contribution in [-0.2, 0) is 19.4 Å². The summed E-state index contributed by atoms with van der Waals surface area (Å²) in [6.07, 6.45) is 2.91. The molecule has 2 N–H and O–H groups in total. The maximum Gasteiger partial charge on any atom is 0.162 e. The van der Waals surface area contributed by atoms with Gasteiger partial charge in [-0.3, -0.25) is 0 Å². The van der Waals surface area contributed by atoms with Crippen molar-refractivity contribution in [1.29, 1.82) is 0 Å². The summed E-state index contributed by atoms with van der Waals surface area (Å²) in [6.45, 7) is 10.8. The average molecular weight is 533 g/mol. The molecule has 0 amide bonds. The Hall–Kier alpha value is -3.38. The number of methoxy groups -OCH3 is 2. The Morgan fingerprint density at radius 2 is 1.72 bits per heavy atom. The fourth-order valence-electron chi connectivity index (χ4n) is 5.40. The van der Waals surface area contributed by atoms with Crippen molar-refractivity contribution in [3.8, 4) is 23.0 Å². The first-order chi connectivity index (χ1) is 18.9. The normalized spacial score (nSPS) is 14.7. The maximum absolute atomic E-state index is 9.94. The molecule has 3 aromatic carbocycles. The minimum absolute atomic E-state index is 0.343. The molecule has 0 saturated heterocycles. The van der Waals surface area contributed by atoms with Crippen molar-refractivity contribution in [3.63, 3.8) is 0 Å². The molecule has 0 saturated carbocycles. The molecule has 210 valence electrons. The van der Waals surface area contributed by atoms with Crippen molar-refractivity contribution in [2.45, 2.75) is 52.5 Å². The minimum atomic E-state index is 0.343. The highest BCUT2D eigenvalue weighted by molar-refractivity contribution is 5.64. The highest BCUT2D eigenvalue weighted by Crippen LogP contribution is 2.43. The molecule has 6 heteroatoms. The van der Waals surface area contributed by atoms with Crippen LogP contribution in [0.1, 0.15) is 55.4 Å². The molecule has 0 radical (unpaired) electrons. The van der Waals surface area contributed by atoms with Crippen LogP contribution >= 0.6 is 0 Å². The lowest BCUT2D eigenvalue weighted by molar-refractivity contribution is 0.311. The number of benzene rings is 3. The van der Waals surface area contributed by atoms with Crippen LogP contribution in [0.4, 0.5) is 5.69 Å². The van der Waals surface area contributed by atoms with Gasteiger partial charge in [0.1, 0.15) is 18.1 Å². The van der Waals surface area contributed by atoms with Crippen LogP contribution in [0.3, 0.4) is 0 Å². The second kappa shape index (κ2) is 13.6. The van der Waals surface area contributed by atoms with E-state index < -0.39 is 0 Å². The Morgan fingerprint density at radius 1 is 0.974 bits per heavy atom. The van der Waals surface area contributed by atoms with Crippen LogP contribution in [0.5, 0.6) is 23.0 Å². The predicted molar refractivity (Wildman–Crippen MR) is 159 cm³/mol. The summed E-state index contributed by atoms with van der Waals surface area (Å²) in [7, 11) is 3.39. The van der Waals surface area contributed by atoms with Crippen molar-refractivity contribution in [3.05, 3.63) is 76.9 Å². The lowest BCUT2D eigenvalue weighted by Gasteiger charge is -2.32. The van der Waals surface area contributed by atoms with Gasteiger partial charge in [-0.15, -0.1) is 0 Å². The van der Waals surface area contributed by atoms with E-state index in [1.54, 1.807) is 20.3 Å². The molecule has 0 spiro atoms. The van der Waals surface area contributed by atoms with Crippen LogP contribution in [0.25, 0.3) is 0 Å². The van der Waals surface area contributed by atoms with Crippen molar-refractivity contribution < 1.29 is 19.3 Å². The molecule has 0 unspecified atom stereocenters. The number of ether oxygens (including phenoxy) is 3. The van der Waals surface area contributed by atoms with Gasteiger partial charge in [0.05, 0.1) is 14.2 Å². The molecule has 1 atom stereocenters. The molecule has 0 fully saturated rings. The van der Waals surface area contributed by atoms with E-state index in [0.717, 1.165) is 62.7 Å². The van der Waals surface area contributed by atoms with E-state index in [1.165, 1.54) is 27.9 Å². The average Bonchev–Trinajstić information content (AvgIpc) is 2.95. The van der Waals surface area contributed by atoms with Gasteiger partial charge in [0, 0.05) is 31.4 Å². The van der Waals surface area contributed by atoms with Gasteiger partial charge in [-0.2, -0.15) is 0 Å². The molecule has 1 aliphatic rings. The zero-order valence-corrected chi connectivity index (χ0v) is 24.1. The number of hydrogen-bond acceptors (Lipinski definition) is 6. The first-order valence-corrected chi connectivity index (χ1v) is 14.2. The van der Waals surface area contributed by atoms with Gasteiger partial charge >= 0.3 is 0 Å². The quantitative estimate of drug-likeness (QED) is 0.251. The number of phenols is 1. The summed E-state index contributed by atoms with van der Waals surface area (Å²) in [5, 5.41) is 13.4. The Bertz CT molecular complexity index is 1210. The molecular formula is C33H44N2O4. The Labute approximate surface area is 233 Å². The summed E-state index contributed by atoms with van der Waals surface area (Å²) in [5.74, 6) is 3.73. The third kappa shape index (κ3) is 7.39. The summed E-state index contributed by atoms with van der Waals surface area (Å²) in [4.78, 5) is 2.41. The van der Waals surface area contributed by atoms with E-state index in [9.17, 15) is 5.11 Å². The predicted octanol–water partition coefficient (Wildman–Crippen LogP) is 6.33. The molecule has 0 aromatic heterocycles. The number of anilines is 1. The standard InChI is InChI=1S/C33H44N2O4/c1-6-35(22-24-7-13-29(14-8-24)39-16-15-34-21-23(2)3)31-20-33(38-5)32(37-4)19-30(31)27-10-9-26-18-28(36)12-11-25(26)17-27/h7-8,11-14,18-20,23,27,34,36H,6,9-10,15-17,21-22H2,1-5H3/t27-/m1/s1. The van der Waals surface area contributed by atoms with Crippen LogP contribution in [0.15, 0.2) is 54.6 Å². The highest BCUT2D eigenvalue weighted by atomic mass is 16.5. The van der Waals surface area contributed by atoms with Crippen LogP contribution in [0, 0.1) is 5.92 Å². The summed E-state index contributed by atoms with van der Waals surface area (Å²) >= 11 is 0. The molecular weight excluding hydrogens is 488 g/mol. The van der Waals surface area contributed by atoms with E-state index in [2.05, 4.69) is 73.5 Å². The van der Waals surface area contributed by atoms with Gasteiger partial charge in [0.15, 0.2) is 11.5 Å². The number of nitrogens with zero attached hydrogens (tertiary/aromatic N) is 1. The molecule has 1 aliphatic carbocycles. The topological polar surface area (TPSA) is 63.2 Å².